The average Bonchev–Trinajstić information content (AvgIpc) is 2.34. The van der Waals surface area contributed by atoms with E-state index in [1.54, 1.807) is 18.2 Å². The Hall–Kier alpha value is -1.42. The van der Waals surface area contributed by atoms with E-state index < -0.39 is 18.7 Å². The lowest BCUT2D eigenvalue weighted by Crippen LogP contribution is -2.32. The van der Waals surface area contributed by atoms with Gasteiger partial charge in [0, 0.05) is 0 Å². The van der Waals surface area contributed by atoms with Crippen LogP contribution in [0.1, 0.15) is 30.5 Å². The average molecular weight is 241 g/mol. The maximum absolute atomic E-state index is 12.5. The van der Waals surface area contributed by atoms with Crippen LogP contribution in [0.2, 0.25) is 0 Å². The Balaban J connectivity index is 0.00000121. The molecule has 0 saturated carbocycles. The first-order valence-corrected chi connectivity index (χ1v) is 5.67. The molecule has 0 spiro atoms. The SMILES string of the molecule is CC.Cc1ccc(CC(N)C(=O)O)cc1CF. The molecule has 0 saturated heterocycles. The second-order valence-electron chi connectivity index (χ2n) is 3.54. The Bertz CT molecular complexity index is 366. The molecule has 4 heteroatoms. The van der Waals surface area contributed by atoms with Crippen molar-refractivity contribution in [1.29, 1.82) is 0 Å². The van der Waals surface area contributed by atoms with Gasteiger partial charge in [-0.3, -0.25) is 4.79 Å². The van der Waals surface area contributed by atoms with Crippen molar-refractivity contribution >= 4 is 5.97 Å². The first kappa shape index (κ1) is 15.6. The quantitative estimate of drug-likeness (QED) is 0.851. The third kappa shape index (κ3) is 4.95. The lowest BCUT2D eigenvalue weighted by molar-refractivity contribution is -0.138. The third-order valence-corrected chi connectivity index (χ3v) is 2.33. The van der Waals surface area contributed by atoms with Crippen molar-refractivity contribution in [2.45, 2.75) is 39.9 Å². The fourth-order valence-corrected chi connectivity index (χ4v) is 1.34. The molecule has 96 valence electrons. The largest absolute Gasteiger partial charge is 0.480 e. The summed E-state index contributed by atoms with van der Waals surface area (Å²) >= 11 is 0. The summed E-state index contributed by atoms with van der Waals surface area (Å²) in [5.41, 5.74) is 7.59. The molecule has 0 aliphatic carbocycles. The number of aliphatic carboxylic acids is 1. The number of aryl methyl sites for hydroxylation is 1. The standard InChI is InChI=1S/C11H14FNO2.C2H6/c1-7-2-3-8(4-9(7)6-12)5-10(13)11(14)15;1-2/h2-4,10H,5-6,13H2,1H3,(H,14,15);1-2H3. The predicted octanol–water partition coefficient (Wildman–Crippen LogP) is 2.45. The number of nitrogens with two attached hydrogens (primary N) is 1. The van der Waals surface area contributed by atoms with Crippen LogP contribution in [0.4, 0.5) is 4.39 Å². The van der Waals surface area contributed by atoms with Crippen LogP contribution in [0.5, 0.6) is 0 Å². The minimum absolute atomic E-state index is 0.225. The van der Waals surface area contributed by atoms with E-state index in [4.69, 9.17) is 10.8 Å². The molecule has 0 amide bonds. The Kier molecular flexibility index (Phi) is 7.14. The summed E-state index contributed by atoms with van der Waals surface area (Å²) < 4.78 is 12.5. The highest BCUT2D eigenvalue weighted by molar-refractivity contribution is 5.73. The zero-order chi connectivity index (χ0) is 13.4. The van der Waals surface area contributed by atoms with Gasteiger partial charge in [0.1, 0.15) is 12.7 Å². The summed E-state index contributed by atoms with van der Waals surface area (Å²) in [7, 11) is 0. The number of benzene rings is 1. The van der Waals surface area contributed by atoms with E-state index in [9.17, 15) is 9.18 Å². The molecule has 0 heterocycles. The summed E-state index contributed by atoms with van der Waals surface area (Å²) in [5.74, 6) is -1.04. The molecule has 0 aliphatic heterocycles. The molecule has 0 radical (unpaired) electrons. The monoisotopic (exact) mass is 241 g/mol. The van der Waals surface area contributed by atoms with Crippen LogP contribution in [-0.4, -0.2) is 17.1 Å². The molecule has 1 aromatic rings. The number of halogens is 1. The maximum Gasteiger partial charge on any atom is 0.320 e. The van der Waals surface area contributed by atoms with E-state index in [-0.39, 0.29) is 6.42 Å². The Morgan fingerprint density at radius 1 is 1.47 bits per heavy atom. The molecule has 1 aromatic carbocycles. The molecule has 3 nitrogen and oxygen atoms in total. The van der Waals surface area contributed by atoms with Crippen molar-refractivity contribution < 1.29 is 14.3 Å². The minimum atomic E-state index is -1.04. The molecule has 1 atom stereocenters. The van der Waals surface area contributed by atoms with E-state index in [2.05, 4.69) is 0 Å². The van der Waals surface area contributed by atoms with Gasteiger partial charge in [0.25, 0.3) is 0 Å². The van der Waals surface area contributed by atoms with Crippen LogP contribution >= 0.6 is 0 Å². The zero-order valence-corrected chi connectivity index (χ0v) is 10.5. The fraction of sp³-hybridized carbons (Fsp3) is 0.462. The highest BCUT2D eigenvalue weighted by atomic mass is 19.1. The maximum atomic E-state index is 12.5. The molecule has 1 unspecified atom stereocenters. The highest BCUT2D eigenvalue weighted by Gasteiger charge is 2.12. The smallest absolute Gasteiger partial charge is 0.320 e. The van der Waals surface area contributed by atoms with E-state index in [0.717, 1.165) is 11.1 Å². The third-order valence-electron chi connectivity index (χ3n) is 2.33. The van der Waals surface area contributed by atoms with Crippen molar-refractivity contribution in [2.24, 2.45) is 5.73 Å². The predicted molar refractivity (Wildman–Crippen MR) is 66.7 cm³/mol. The Labute approximate surface area is 101 Å². The Morgan fingerprint density at radius 3 is 2.53 bits per heavy atom. The topological polar surface area (TPSA) is 63.3 Å². The molecular formula is C13H20FNO2. The zero-order valence-electron chi connectivity index (χ0n) is 10.5. The molecule has 1 rings (SSSR count). The fourth-order valence-electron chi connectivity index (χ4n) is 1.34. The minimum Gasteiger partial charge on any atom is -0.480 e. The first-order chi connectivity index (χ1) is 8.04. The summed E-state index contributed by atoms with van der Waals surface area (Å²) in [6.45, 7) is 5.28. The number of hydrogen-bond acceptors (Lipinski definition) is 2. The summed E-state index contributed by atoms with van der Waals surface area (Å²) in [6, 6.07) is 4.29. The molecule has 3 N–H and O–H groups in total. The van der Waals surface area contributed by atoms with Crippen LogP contribution in [0.15, 0.2) is 18.2 Å². The van der Waals surface area contributed by atoms with Crippen LogP contribution in [0.25, 0.3) is 0 Å². The summed E-state index contributed by atoms with van der Waals surface area (Å²) in [5, 5.41) is 8.63. The highest BCUT2D eigenvalue weighted by Crippen LogP contribution is 2.13. The molecular weight excluding hydrogens is 221 g/mol. The molecule has 0 aliphatic rings. The van der Waals surface area contributed by atoms with Gasteiger partial charge in [-0.2, -0.15) is 0 Å². The van der Waals surface area contributed by atoms with E-state index in [1.165, 1.54) is 0 Å². The van der Waals surface area contributed by atoms with E-state index in [0.29, 0.717) is 5.56 Å². The van der Waals surface area contributed by atoms with Crippen LogP contribution in [0, 0.1) is 6.92 Å². The number of carboxylic acids is 1. The van der Waals surface area contributed by atoms with Gasteiger partial charge in [-0.25, -0.2) is 4.39 Å². The van der Waals surface area contributed by atoms with Crippen molar-refractivity contribution in [1.82, 2.24) is 0 Å². The number of alkyl halides is 1. The van der Waals surface area contributed by atoms with E-state index >= 15 is 0 Å². The van der Waals surface area contributed by atoms with Gasteiger partial charge in [0.05, 0.1) is 0 Å². The summed E-state index contributed by atoms with van der Waals surface area (Å²) in [6.07, 6.45) is 0.225. The Morgan fingerprint density at radius 2 is 2.06 bits per heavy atom. The van der Waals surface area contributed by atoms with E-state index in [1.807, 2.05) is 20.8 Å². The second kappa shape index (κ2) is 7.79. The van der Waals surface area contributed by atoms with Gasteiger partial charge in [0.2, 0.25) is 0 Å². The molecule has 0 fully saturated rings. The van der Waals surface area contributed by atoms with Gasteiger partial charge in [-0.15, -0.1) is 0 Å². The van der Waals surface area contributed by atoms with Crippen molar-refractivity contribution in [2.75, 3.05) is 0 Å². The van der Waals surface area contributed by atoms with Gasteiger partial charge < -0.3 is 10.8 Å². The number of hydrogen-bond donors (Lipinski definition) is 2. The first-order valence-electron chi connectivity index (χ1n) is 5.67. The lowest BCUT2D eigenvalue weighted by Gasteiger charge is -2.08. The van der Waals surface area contributed by atoms with Gasteiger partial charge >= 0.3 is 5.97 Å². The normalized spacial score (nSPS) is 11.4. The van der Waals surface area contributed by atoms with Crippen LogP contribution in [0.3, 0.4) is 0 Å². The summed E-state index contributed by atoms with van der Waals surface area (Å²) in [4.78, 5) is 10.5. The van der Waals surface area contributed by atoms with Crippen molar-refractivity contribution in [3.05, 3.63) is 34.9 Å². The van der Waals surface area contributed by atoms with Crippen molar-refractivity contribution in [3.63, 3.8) is 0 Å². The van der Waals surface area contributed by atoms with Gasteiger partial charge in [-0.05, 0) is 30.0 Å². The number of rotatable bonds is 4. The number of carbonyl (C=O) groups is 1. The van der Waals surface area contributed by atoms with Crippen molar-refractivity contribution in [3.8, 4) is 0 Å². The lowest BCUT2D eigenvalue weighted by atomic mass is 10.0. The second-order valence-corrected chi connectivity index (χ2v) is 3.54. The number of carboxylic acid groups (broad SMARTS) is 1. The van der Waals surface area contributed by atoms with Gasteiger partial charge in [-0.1, -0.05) is 32.0 Å². The van der Waals surface area contributed by atoms with Crippen LogP contribution < -0.4 is 5.73 Å². The molecule has 0 aromatic heterocycles. The molecule has 17 heavy (non-hydrogen) atoms. The van der Waals surface area contributed by atoms with Gasteiger partial charge in [0.15, 0.2) is 0 Å². The molecule has 0 bridgehead atoms. The van der Waals surface area contributed by atoms with Crippen LogP contribution in [-0.2, 0) is 17.9 Å².